The zero-order valence-corrected chi connectivity index (χ0v) is 14.6. The van der Waals surface area contributed by atoms with E-state index in [1.54, 1.807) is 12.1 Å². The van der Waals surface area contributed by atoms with Gasteiger partial charge in [0.15, 0.2) is 6.04 Å². The van der Waals surface area contributed by atoms with E-state index < -0.39 is 28.4 Å². The van der Waals surface area contributed by atoms with E-state index in [1.165, 1.54) is 0 Å². The number of hydrogen-bond donors (Lipinski definition) is 3. The Balaban J connectivity index is 1.58. The third-order valence-electron chi connectivity index (χ3n) is 5.76. The summed E-state index contributed by atoms with van der Waals surface area (Å²) in [5.41, 5.74) is 1.84. The van der Waals surface area contributed by atoms with Crippen LogP contribution in [0.3, 0.4) is 0 Å². The fourth-order valence-corrected chi connectivity index (χ4v) is 4.13. The normalized spacial score (nSPS) is 33.5. The molecule has 1 aromatic rings. The predicted octanol–water partition coefficient (Wildman–Crippen LogP) is 0.622. The van der Waals surface area contributed by atoms with E-state index in [1.807, 2.05) is 13.1 Å². The van der Waals surface area contributed by atoms with Crippen molar-refractivity contribution in [2.75, 3.05) is 12.4 Å². The van der Waals surface area contributed by atoms with Crippen molar-refractivity contribution in [2.24, 2.45) is 0 Å². The van der Waals surface area contributed by atoms with Crippen LogP contribution < -0.4 is 16.0 Å². The number of carbonyl (C=O) groups excluding carboxylic acids is 3. The first-order chi connectivity index (χ1) is 12.4. The molecule has 2 aliphatic heterocycles. The summed E-state index contributed by atoms with van der Waals surface area (Å²) in [4.78, 5) is 36.3. The Hall–Kier alpha value is -2.29. The molecular weight excluding hydrogens is 336 g/mol. The Kier molecular flexibility index (Phi) is 4.06. The largest absolute Gasteiger partial charge is 0.624 e. The van der Waals surface area contributed by atoms with Crippen LogP contribution in [0.2, 0.25) is 0 Å². The summed E-state index contributed by atoms with van der Waals surface area (Å²) in [7, 11) is 1.93. The van der Waals surface area contributed by atoms with Gasteiger partial charge < -0.3 is 15.8 Å². The van der Waals surface area contributed by atoms with Crippen LogP contribution in [-0.4, -0.2) is 47.5 Å². The summed E-state index contributed by atoms with van der Waals surface area (Å²) < 4.78 is -1.24. The molecule has 0 aromatic heterocycles. The fourth-order valence-electron chi connectivity index (χ4n) is 4.13. The summed E-state index contributed by atoms with van der Waals surface area (Å²) >= 11 is 0. The second-order valence-electron chi connectivity index (χ2n) is 7.36. The smallest absolute Gasteiger partial charge is 0.347 e. The molecule has 8 nitrogen and oxygen atoms in total. The Morgan fingerprint density at radius 2 is 1.96 bits per heavy atom. The van der Waals surface area contributed by atoms with Crippen LogP contribution in [0.1, 0.15) is 41.6 Å². The lowest BCUT2D eigenvalue weighted by Crippen LogP contribution is -2.60. The van der Waals surface area contributed by atoms with Crippen LogP contribution in [0.25, 0.3) is 0 Å². The van der Waals surface area contributed by atoms with Crippen molar-refractivity contribution in [3.05, 3.63) is 34.5 Å². The second kappa shape index (κ2) is 6.15. The molecule has 2 heterocycles. The molecule has 2 fully saturated rings. The van der Waals surface area contributed by atoms with E-state index in [0.29, 0.717) is 23.2 Å². The maximum absolute atomic E-state index is 13.4. The second-order valence-corrected chi connectivity index (χ2v) is 7.36. The summed E-state index contributed by atoms with van der Waals surface area (Å²) in [5, 5.41) is 22.2. The molecule has 3 aliphatic rings. The van der Waals surface area contributed by atoms with Crippen molar-refractivity contribution in [1.82, 2.24) is 10.6 Å². The molecule has 26 heavy (non-hydrogen) atoms. The van der Waals surface area contributed by atoms with E-state index in [4.69, 9.17) is 0 Å². The Labute approximate surface area is 151 Å². The van der Waals surface area contributed by atoms with Gasteiger partial charge in [-0.15, -0.1) is 0 Å². The monoisotopic (exact) mass is 358 g/mol. The van der Waals surface area contributed by atoms with Gasteiger partial charge in [-0.3, -0.25) is 19.6 Å². The molecule has 0 radical (unpaired) electrons. The minimum absolute atomic E-state index is 0.0776. The number of nitrogens with zero attached hydrogens (tertiary/aromatic N) is 1. The highest BCUT2D eigenvalue weighted by molar-refractivity contribution is 6.02. The van der Waals surface area contributed by atoms with Crippen LogP contribution in [0.4, 0.5) is 5.69 Å². The molecule has 0 bridgehead atoms. The van der Waals surface area contributed by atoms with Crippen LogP contribution in [0, 0.1) is 5.21 Å². The van der Waals surface area contributed by atoms with E-state index in [-0.39, 0.29) is 19.4 Å². The Morgan fingerprint density at radius 1 is 1.19 bits per heavy atom. The molecule has 2 unspecified atom stereocenters. The SMILES string of the molecule is CNC1CC(Nc2cccc3c2C[N+]([O-])(C2CCC(=O)NC2=O)C3=O)C1. The third kappa shape index (κ3) is 2.61. The summed E-state index contributed by atoms with van der Waals surface area (Å²) in [6.45, 7) is -0.0776. The molecule has 4 rings (SSSR count). The highest BCUT2D eigenvalue weighted by atomic mass is 16.6. The van der Waals surface area contributed by atoms with Crippen LogP contribution >= 0.6 is 0 Å². The fraction of sp³-hybridized carbons (Fsp3) is 0.500. The Morgan fingerprint density at radius 3 is 2.65 bits per heavy atom. The molecular formula is C18H22N4O4. The lowest BCUT2D eigenvalue weighted by Gasteiger charge is -2.42. The standard InChI is InChI=1S/C18H22N4O4/c1-19-10-7-11(8-10)20-14-4-2-3-12-13(14)9-22(26,18(12)25)15-5-6-16(23)21-17(15)24/h2-4,10-11,15,19-20H,5-9H2,1H3,(H,21,23,24). The van der Waals surface area contributed by atoms with Crippen molar-refractivity contribution < 1.29 is 19.0 Å². The number of rotatable bonds is 4. The lowest BCUT2D eigenvalue weighted by molar-refractivity contribution is -0.825. The highest BCUT2D eigenvalue weighted by Crippen LogP contribution is 2.38. The maximum atomic E-state index is 13.4. The van der Waals surface area contributed by atoms with E-state index in [9.17, 15) is 19.6 Å². The molecule has 138 valence electrons. The van der Waals surface area contributed by atoms with Crippen molar-refractivity contribution >= 4 is 23.4 Å². The Bertz CT molecular complexity index is 789. The number of fused-ring (bicyclic) bond motifs is 1. The van der Waals surface area contributed by atoms with Gasteiger partial charge in [-0.2, -0.15) is 0 Å². The maximum Gasteiger partial charge on any atom is 0.347 e. The van der Waals surface area contributed by atoms with Gasteiger partial charge in [-0.05, 0) is 32.0 Å². The minimum Gasteiger partial charge on any atom is -0.624 e. The molecule has 1 aromatic carbocycles. The molecule has 3 N–H and O–H groups in total. The van der Waals surface area contributed by atoms with Crippen molar-refractivity contribution in [3.63, 3.8) is 0 Å². The lowest BCUT2D eigenvalue weighted by atomic mass is 9.86. The number of benzene rings is 1. The average Bonchev–Trinajstić information content (AvgIpc) is 2.83. The van der Waals surface area contributed by atoms with Gasteiger partial charge in [-0.25, -0.2) is 4.79 Å². The van der Waals surface area contributed by atoms with Gasteiger partial charge in [0.1, 0.15) is 6.54 Å². The minimum atomic E-state index is -1.24. The van der Waals surface area contributed by atoms with E-state index in [2.05, 4.69) is 16.0 Å². The zero-order valence-electron chi connectivity index (χ0n) is 14.6. The number of carbonyl (C=O) groups is 3. The molecule has 1 saturated carbocycles. The van der Waals surface area contributed by atoms with Gasteiger partial charge in [0.05, 0.1) is 5.56 Å². The van der Waals surface area contributed by atoms with Gasteiger partial charge in [0.2, 0.25) is 5.91 Å². The number of hydrogen-bond acceptors (Lipinski definition) is 6. The number of nitrogens with one attached hydrogen (secondary N) is 3. The molecule has 3 amide bonds. The number of anilines is 1. The average molecular weight is 358 g/mol. The first kappa shape index (κ1) is 17.1. The number of hydroxylamine groups is 3. The molecule has 1 saturated heterocycles. The van der Waals surface area contributed by atoms with Gasteiger partial charge in [-0.1, -0.05) is 6.07 Å². The quantitative estimate of drug-likeness (QED) is 0.413. The first-order valence-electron chi connectivity index (χ1n) is 8.95. The zero-order chi connectivity index (χ0) is 18.5. The summed E-state index contributed by atoms with van der Waals surface area (Å²) in [5.74, 6) is -1.64. The van der Waals surface area contributed by atoms with Gasteiger partial charge in [0.25, 0.3) is 5.91 Å². The summed E-state index contributed by atoms with van der Waals surface area (Å²) in [6.07, 6.45) is 2.15. The van der Waals surface area contributed by atoms with Crippen LogP contribution in [0.15, 0.2) is 18.2 Å². The van der Waals surface area contributed by atoms with Crippen LogP contribution in [0.5, 0.6) is 0 Å². The highest BCUT2D eigenvalue weighted by Gasteiger charge is 2.50. The van der Waals surface area contributed by atoms with Gasteiger partial charge >= 0.3 is 5.91 Å². The molecule has 2 atom stereocenters. The predicted molar refractivity (Wildman–Crippen MR) is 93.8 cm³/mol. The number of quaternary nitrogens is 1. The topological polar surface area (TPSA) is 110 Å². The number of piperidine rings is 1. The molecule has 0 spiro atoms. The third-order valence-corrected chi connectivity index (χ3v) is 5.76. The van der Waals surface area contributed by atoms with E-state index in [0.717, 1.165) is 18.5 Å². The number of imide groups is 1. The van der Waals surface area contributed by atoms with Gasteiger partial charge in [0, 0.05) is 36.2 Å². The van der Waals surface area contributed by atoms with Crippen molar-refractivity contribution in [3.8, 4) is 0 Å². The van der Waals surface area contributed by atoms with Crippen molar-refractivity contribution in [1.29, 1.82) is 0 Å². The molecule has 1 aliphatic carbocycles. The van der Waals surface area contributed by atoms with Crippen molar-refractivity contribution in [2.45, 2.75) is 50.4 Å². The molecule has 8 heteroatoms. The van der Waals surface area contributed by atoms with E-state index >= 15 is 0 Å². The van der Waals surface area contributed by atoms with Crippen LogP contribution in [-0.2, 0) is 16.1 Å². The number of amides is 3. The first-order valence-corrected chi connectivity index (χ1v) is 8.95. The summed E-state index contributed by atoms with van der Waals surface area (Å²) in [6, 6.07) is 5.00.